The Labute approximate surface area is 84.1 Å². The fourth-order valence-corrected chi connectivity index (χ4v) is 1.68. The lowest BCUT2D eigenvalue weighted by atomic mass is 9.97. The summed E-state index contributed by atoms with van der Waals surface area (Å²) in [5, 5.41) is 9.01. The number of nitrogens with zero attached hydrogens (tertiary/aromatic N) is 1. The van der Waals surface area contributed by atoms with Crippen LogP contribution in [-0.2, 0) is 16.8 Å². The number of methoxy groups -OCH3 is 1. The predicted molar refractivity (Wildman–Crippen MR) is 53.7 cm³/mol. The van der Waals surface area contributed by atoms with E-state index in [1.54, 1.807) is 7.11 Å². The van der Waals surface area contributed by atoms with Crippen molar-refractivity contribution in [2.45, 2.75) is 24.9 Å². The van der Waals surface area contributed by atoms with Gasteiger partial charge in [0, 0.05) is 7.11 Å². The molecule has 0 aromatic heterocycles. The van der Waals surface area contributed by atoms with Crippen molar-refractivity contribution in [1.29, 1.82) is 5.26 Å². The molecule has 1 aromatic carbocycles. The van der Waals surface area contributed by atoms with E-state index < -0.39 is 0 Å². The summed E-state index contributed by atoms with van der Waals surface area (Å²) >= 11 is 0. The summed E-state index contributed by atoms with van der Waals surface area (Å²) in [5.74, 6) is 0. The van der Waals surface area contributed by atoms with E-state index in [-0.39, 0.29) is 5.41 Å². The van der Waals surface area contributed by atoms with E-state index in [4.69, 9.17) is 10.00 Å². The lowest BCUT2D eigenvalue weighted by Crippen LogP contribution is -2.02. The minimum Gasteiger partial charge on any atom is -0.380 e. The third-order valence-corrected chi connectivity index (χ3v) is 2.78. The molecule has 2 rings (SSSR count). The summed E-state index contributed by atoms with van der Waals surface area (Å²) < 4.78 is 5.03. The molecular formula is C12H13NO. The summed E-state index contributed by atoms with van der Waals surface area (Å²) in [7, 11) is 1.69. The smallest absolute Gasteiger partial charge is 0.0823 e. The van der Waals surface area contributed by atoms with E-state index in [1.807, 2.05) is 24.3 Å². The first kappa shape index (κ1) is 9.23. The molecule has 1 fully saturated rings. The summed E-state index contributed by atoms with van der Waals surface area (Å²) in [4.78, 5) is 0. The van der Waals surface area contributed by atoms with Crippen LogP contribution in [0, 0.1) is 11.3 Å². The number of hydrogen-bond donors (Lipinski definition) is 0. The summed E-state index contributed by atoms with van der Waals surface area (Å²) in [6.45, 7) is 0.639. The highest BCUT2D eigenvalue weighted by Crippen LogP contribution is 2.47. The summed E-state index contributed by atoms with van der Waals surface area (Å²) in [6.07, 6.45) is 2.01. The van der Waals surface area contributed by atoms with Crippen molar-refractivity contribution in [3.8, 4) is 6.07 Å². The second kappa shape index (κ2) is 3.43. The highest BCUT2D eigenvalue weighted by atomic mass is 16.5. The van der Waals surface area contributed by atoms with Gasteiger partial charge >= 0.3 is 0 Å². The van der Waals surface area contributed by atoms with Crippen molar-refractivity contribution in [3.63, 3.8) is 0 Å². The number of rotatable bonds is 3. The molecule has 0 N–H and O–H groups in total. The van der Waals surface area contributed by atoms with Gasteiger partial charge in [0.05, 0.1) is 18.1 Å². The molecule has 1 aliphatic rings. The minimum atomic E-state index is -0.161. The molecule has 0 heterocycles. The van der Waals surface area contributed by atoms with Gasteiger partial charge in [0.15, 0.2) is 0 Å². The second-order valence-electron chi connectivity index (χ2n) is 3.82. The van der Waals surface area contributed by atoms with Gasteiger partial charge in [-0.25, -0.2) is 0 Å². The van der Waals surface area contributed by atoms with Crippen LogP contribution in [0.5, 0.6) is 0 Å². The Balaban J connectivity index is 2.19. The molecule has 1 aliphatic carbocycles. The van der Waals surface area contributed by atoms with Crippen molar-refractivity contribution in [1.82, 2.24) is 0 Å². The molecule has 0 radical (unpaired) electrons. The van der Waals surface area contributed by atoms with Crippen LogP contribution < -0.4 is 0 Å². The molecule has 0 atom stereocenters. The first-order valence-electron chi connectivity index (χ1n) is 4.80. The van der Waals surface area contributed by atoms with E-state index in [0.29, 0.717) is 6.61 Å². The van der Waals surface area contributed by atoms with Gasteiger partial charge in [-0.05, 0) is 24.0 Å². The van der Waals surface area contributed by atoms with Crippen molar-refractivity contribution < 1.29 is 4.74 Å². The molecule has 1 aromatic rings. The van der Waals surface area contributed by atoms with Crippen LogP contribution in [0.2, 0.25) is 0 Å². The fourth-order valence-electron chi connectivity index (χ4n) is 1.68. The van der Waals surface area contributed by atoms with Crippen LogP contribution in [0.3, 0.4) is 0 Å². The van der Waals surface area contributed by atoms with E-state index in [9.17, 15) is 0 Å². The maximum absolute atomic E-state index is 9.01. The van der Waals surface area contributed by atoms with Crippen LogP contribution in [0.25, 0.3) is 0 Å². The molecule has 72 valence electrons. The molecule has 0 unspecified atom stereocenters. The average molecular weight is 187 g/mol. The number of hydrogen-bond acceptors (Lipinski definition) is 2. The maximum Gasteiger partial charge on any atom is 0.0823 e. The first-order valence-corrected chi connectivity index (χ1v) is 4.80. The predicted octanol–water partition coefficient (Wildman–Crippen LogP) is 2.39. The molecular weight excluding hydrogens is 174 g/mol. The Kier molecular flexibility index (Phi) is 2.26. The van der Waals surface area contributed by atoms with E-state index in [2.05, 4.69) is 6.07 Å². The zero-order chi connectivity index (χ0) is 10.0. The Morgan fingerprint density at radius 1 is 1.36 bits per heavy atom. The normalized spacial score (nSPS) is 17.4. The molecule has 0 bridgehead atoms. The van der Waals surface area contributed by atoms with Crippen molar-refractivity contribution >= 4 is 0 Å². The maximum atomic E-state index is 9.01. The molecule has 1 saturated carbocycles. The van der Waals surface area contributed by atoms with E-state index >= 15 is 0 Å². The Hall–Kier alpha value is -1.33. The number of ether oxygens (including phenoxy) is 1. The third kappa shape index (κ3) is 1.51. The van der Waals surface area contributed by atoms with Crippen LogP contribution in [0.4, 0.5) is 0 Å². The van der Waals surface area contributed by atoms with Crippen LogP contribution >= 0.6 is 0 Å². The SMILES string of the molecule is COCc1ccc(C2(C#N)CC2)cc1. The molecule has 2 heteroatoms. The lowest BCUT2D eigenvalue weighted by molar-refractivity contribution is 0.185. The highest BCUT2D eigenvalue weighted by molar-refractivity contribution is 5.39. The van der Waals surface area contributed by atoms with Crippen molar-refractivity contribution in [2.75, 3.05) is 7.11 Å². The van der Waals surface area contributed by atoms with Crippen molar-refractivity contribution in [2.24, 2.45) is 0 Å². The van der Waals surface area contributed by atoms with Crippen LogP contribution in [0.1, 0.15) is 24.0 Å². The average Bonchev–Trinajstić information content (AvgIpc) is 3.00. The number of nitriles is 1. The van der Waals surface area contributed by atoms with Crippen molar-refractivity contribution in [3.05, 3.63) is 35.4 Å². The molecule has 0 spiro atoms. The van der Waals surface area contributed by atoms with Crippen LogP contribution in [0.15, 0.2) is 24.3 Å². The highest BCUT2D eigenvalue weighted by Gasteiger charge is 2.44. The minimum absolute atomic E-state index is 0.161. The monoisotopic (exact) mass is 187 g/mol. The Morgan fingerprint density at radius 3 is 2.43 bits per heavy atom. The van der Waals surface area contributed by atoms with Gasteiger partial charge in [-0.15, -0.1) is 0 Å². The van der Waals surface area contributed by atoms with Gasteiger partial charge in [0.2, 0.25) is 0 Å². The lowest BCUT2D eigenvalue weighted by Gasteiger charge is -2.06. The van der Waals surface area contributed by atoms with Gasteiger partial charge in [-0.2, -0.15) is 5.26 Å². The molecule has 2 nitrogen and oxygen atoms in total. The topological polar surface area (TPSA) is 33.0 Å². The quantitative estimate of drug-likeness (QED) is 0.727. The number of benzene rings is 1. The van der Waals surface area contributed by atoms with E-state index in [1.165, 1.54) is 0 Å². The zero-order valence-corrected chi connectivity index (χ0v) is 8.29. The third-order valence-electron chi connectivity index (χ3n) is 2.78. The Bertz CT molecular complexity index is 357. The standard InChI is InChI=1S/C12H13NO/c1-14-8-10-2-4-11(5-3-10)12(9-13)6-7-12/h2-5H,6-8H2,1H3. The van der Waals surface area contributed by atoms with Gasteiger partial charge in [0.25, 0.3) is 0 Å². The summed E-state index contributed by atoms with van der Waals surface area (Å²) in [6, 6.07) is 10.6. The molecule has 0 amide bonds. The van der Waals surface area contributed by atoms with Gasteiger partial charge in [-0.1, -0.05) is 24.3 Å². The van der Waals surface area contributed by atoms with Gasteiger partial charge in [-0.3, -0.25) is 0 Å². The molecule has 14 heavy (non-hydrogen) atoms. The molecule has 0 aliphatic heterocycles. The second-order valence-corrected chi connectivity index (χ2v) is 3.82. The molecule has 0 saturated heterocycles. The fraction of sp³-hybridized carbons (Fsp3) is 0.417. The van der Waals surface area contributed by atoms with E-state index in [0.717, 1.165) is 24.0 Å². The van der Waals surface area contributed by atoms with Gasteiger partial charge in [0.1, 0.15) is 0 Å². The Morgan fingerprint density at radius 2 is 2.00 bits per heavy atom. The first-order chi connectivity index (χ1) is 6.80. The van der Waals surface area contributed by atoms with Gasteiger partial charge < -0.3 is 4.74 Å². The zero-order valence-electron chi connectivity index (χ0n) is 8.29. The van der Waals surface area contributed by atoms with Crippen LogP contribution in [-0.4, -0.2) is 7.11 Å². The summed E-state index contributed by atoms with van der Waals surface area (Å²) in [5.41, 5.74) is 2.15. The largest absolute Gasteiger partial charge is 0.380 e.